The van der Waals surface area contributed by atoms with Crippen LogP contribution in [0.2, 0.25) is 0 Å². The minimum absolute atomic E-state index is 0.162. The molecule has 1 aliphatic rings. The summed E-state index contributed by atoms with van der Waals surface area (Å²) in [4.78, 5) is 15.1. The lowest BCUT2D eigenvalue weighted by molar-refractivity contribution is -0.125. The van der Waals surface area contributed by atoms with E-state index in [0.717, 1.165) is 0 Å². The third kappa shape index (κ3) is 1.40. The summed E-state index contributed by atoms with van der Waals surface area (Å²) in [6.07, 6.45) is 0. The molecule has 1 unspecified atom stereocenters. The summed E-state index contributed by atoms with van der Waals surface area (Å²) in [5.41, 5.74) is 4.72. The second-order valence-electron chi connectivity index (χ2n) is 3.21. The van der Waals surface area contributed by atoms with Gasteiger partial charge < -0.3 is 10.5 Å². The second-order valence-corrected chi connectivity index (χ2v) is 3.21. The molecular formula is C7H13N3O2. The van der Waals surface area contributed by atoms with E-state index < -0.39 is 11.6 Å². The molecular weight excluding hydrogens is 158 g/mol. The number of ether oxygens (including phenoxy) is 1. The molecule has 5 heteroatoms. The molecule has 1 aliphatic heterocycles. The van der Waals surface area contributed by atoms with Gasteiger partial charge in [0.25, 0.3) is 5.91 Å². The third-order valence-corrected chi connectivity index (χ3v) is 1.95. The Hall–Kier alpha value is -1.10. The summed E-state index contributed by atoms with van der Waals surface area (Å²) >= 11 is 0. The van der Waals surface area contributed by atoms with Gasteiger partial charge >= 0.3 is 0 Å². The van der Waals surface area contributed by atoms with E-state index in [0.29, 0.717) is 0 Å². The molecule has 0 bridgehead atoms. The van der Waals surface area contributed by atoms with Gasteiger partial charge in [-0.05, 0) is 13.8 Å². The first-order chi connectivity index (χ1) is 5.47. The second kappa shape index (κ2) is 2.75. The highest BCUT2D eigenvalue weighted by Gasteiger charge is 2.39. The number of nitrogens with two attached hydrogens (primary N) is 1. The van der Waals surface area contributed by atoms with Gasteiger partial charge in [0.1, 0.15) is 0 Å². The van der Waals surface area contributed by atoms with Crippen molar-refractivity contribution in [3.05, 3.63) is 0 Å². The molecule has 0 radical (unpaired) electrons. The van der Waals surface area contributed by atoms with Crippen molar-refractivity contribution in [2.45, 2.75) is 25.5 Å². The Morgan fingerprint density at radius 1 is 1.67 bits per heavy atom. The number of hydrogen-bond donors (Lipinski definition) is 2. The number of nitrogens with one attached hydrogen (secondary N) is 1. The summed E-state index contributed by atoms with van der Waals surface area (Å²) in [7, 11) is 1.54. The van der Waals surface area contributed by atoms with Gasteiger partial charge in [-0.25, -0.2) is 4.99 Å². The monoisotopic (exact) mass is 171 g/mol. The maximum absolute atomic E-state index is 11.2. The zero-order valence-corrected chi connectivity index (χ0v) is 7.42. The Bertz CT molecular complexity index is 235. The van der Waals surface area contributed by atoms with E-state index in [1.807, 2.05) is 0 Å². The molecule has 5 nitrogen and oxygen atoms in total. The summed E-state index contributed by atoms with van der Waals surface area (Å²) < 4.78 is 5.12. The van der Waals surface area contributed by atoms with Crippen LogP contribution in [0, 0.1) is 0 Å². The summed E-state index contributed by atoms with van der Waals surface area (Å²) in [6, 6.07) is -0.539. The predicted octanol–water partition coefficient (Wildman–Crippen LogP) is -0.775. The van der Waals surface area contributed by atoms with Crippen LogP contribution in [0.3, 0.4) is 0 Å². The van der Waals surface area contributed by atoms with E-state index in [2.05, 4.69) is 10.3 Å². The average Bonchev–Trinajstić information content (AvgIpc) is 2.31. The van der Waals surface area contributed by atoms with Crippen molar-refractivity contribution in [2.24, 2.45) is 10.7 Å². The van der Waals surface area contributed by atoms with E-state index in [9.17, 15) is 4.79 Å². The summed E-state index contributed by atoms with van der Waals surface area (Å²) in [5.74, 6) is -0.0468. The summed E-state index contributed by atoms with van der Waals surface area (Å²) in [5, 5.41) is 2.42. The van der Waals surface area contributed by atoms with E-state index in [-0.39, 0.29) is 11.9 Å². The van der Waals surface area contributed by atoms with Crippen LogP contribution in [0.15, 0.2) is 4.99 Å². The van der Waals surface area contributed by atoms with E-state index >= 15 is 0 Å². The average molecular weight is 171 g/mol. The number of aliphatic imine (C=N–C) groups is 1. The molecule has 0 aromatic heterocycles. The first-order valence-electron chi connectivity index (χ1n) is 3.66. The molecule has 3 N–H and O–H groups in total. The normalized spacial score (nSPS) is 23.8. The highest BCUT2D eigenvalue weighted by atomic mass is 16.5. The van der Waals surface area contributed by atoms with Crippen LogP contribution in [0.4, 0.5) is 0 Å². The number of hydrogen-bond acceptors (Lipinski definition) is 4. The lowest BCUT2D eigenvalue weighted by atomic mass is 9.99. The van der Waals surface area contributed by atoms with Crippen molar-refractivity contribution in [3.8, 4) is 0 Å². The van der Waals surface area contributed by atoms with Crippen LogP contribution < -0.4 is 11.1 Å². The Kier molecular flexibility index (Phi) is 2.06. The first kappa shape index (κ1) is 8.99. The molecule has 1 amide bonds. The van der Waals surface area contributed by atoms with Crippen molar-refractivity contribution in [3.63, 3.8) is 0 Å². The van der Waals surface area contributed by atoms with E-state index in [4.69, 9.17) is 10.5 Å². The van der Waals surface area contributed by atoms with Crippen LogP contribution in [0.25, 0.3) is 0 Å². The highest BCUT2D eigenvalue weighted by molar-refractivity contribution is 6.04. The molecule has 0 fully saturated rings. The van der Waals surface area contributed by atoms with Crippen LogP contribution in [0.5, 0.6) is 0 Å². The SMILES string of the molecule is COC(C)(C)C1N=C(N)NC1=O. The number of nitrogens with zero attached hydrogens (tertiary/aromatic N) is 1. The van der Waals surface area contributed by atoms with Gasteiger partial charge in [0.2, 0.25) is 0 Å². The van der Waals surface area contributed by atoms with Gasteiger partial charge in [0, 0.05) is 7.11 Å². The molecule has 0 saturated heterocycles. The number of carbonyl (C=O) groups is 1. The van der Waals surface area contributed by atoms with Crippen molar-refractivity contribution < 1.29 is 9.53 Å². The lowest BCUT2D eigenvalue weighted by Gasteiger charge is -2.25. The highest BCUT2D eigenvalue weighted by Crippen LogP contribution is 2.19. The third-order valence-electron chi connectivity index (χ3n) is 1.95. The Morgan fingerprint density at radius 2 is 2.25 bits per heavy atom. The van der Waals surface area contributed by atoms with Gasteiger partial charge in [0.15, 0.2) is 12.0 Å². The number of rotatable bonds is 2. The molecule has 1 rings (SSSR count). The molecule has 1 heterocycles. The van der Waals surface area contributed by atoms with Crippen molar-refractivity contribution in [2.75, 3.05) is 7.11 Å². The van der Waals surface area contributed by atoms with Crippen molar-refractivity contribution in [1.29, 1.82) is 0 Å². The van der Waals surface area contributed by atoms with Gasteiger partial charge in [0.05, 0.1) is 5.60 Å². The largest absolute Gasteiger partial charge is 0.376 e. The summed E-state index contributed by atoms with van der Waals surface area (Å²) in [6.45, 7) is 3.58. The Labute approximate surface area is 71.0 Å². The predicted molar refractivity (Wildman–Crippen MR) is 44.6 cm³/mol. The quantitative estimate of drug-likeness (QED) is 0.572. The van der Waals surface area contributed by atoms with Crippen LogP contribution in [0.1, 0.15) is 13.8 Å². The van der Waals surface area contributed by atoms with Crippen molar-refractivity contribution >= 4 is 11.9 Å². The number of carbonyl (C=O) groups excluding carboxylic acids is 1. The van der Waals surface area contributed by atoms with Crippen molar-refractivity contribution in [1.82, 2.24) is 5.32 Å². The van der Waals surface area contributed by atoms with E-state index in [1.54, 1.807) is 13.8 Å². The van der Waals surface area contributed by atoms with Gasteiger partial charge in [-0.3, -0.25) is 10.1 Å². The molecule has 12 heavy (non-hydrogen) atoms. The molecule has 0 aromatic carbocycles. The number of guanidine groups is 1. The standard InChI is InChI=1S/C7H13N3O2/c1-7(2,12-3)4-5(11)10-6(8)9-4/h4H,1-3H3,(H3,8,9,10,11). The van der Waals surface area contributed by atoms with Gasteiger partial charge in [-0.1, -0.05) is 0 Å². The first-order valence-corrected chi connectivity index (χ1v) is 3.66. The lowest BCUT2D eigenvalue weighted by Crippen LogP contribution is -2.44. The fourth-order valence-electron chi connectivity index (χ4n) is 1.01. The fraction of sp³-hybridized carbons (Fsp3) is 0.714. The zero-order valence-electron chi connectivity index (χ0n) is 7.42. The van der Waals surface area contributed by atoms with Crippen LogP contribution >= 0.6 is 0 Å². The molecule has 68 valence electrons. The maximum atomic E-state index is 11.2. The minimum Gasteiger partial charge on any atom is -0.376 e. The topological polar surface area (TPSA) is 76.7 Å². The zero-order chi connectivity index (χ0) is 9.35. The fourth-order valence-corrected chi connectivity index (χ4v) is 1.01. The van der Waals surface area contributed by atoms with Crippen LogP contribution in [-0.4, -0.2) is 30.6 Å². The van der Waals surface area contributed by atoms with Crippen LogP contribution in [-0.2, 0) is 9.53 Å². The molecule has 0 spiro atoms. The van der Waals surface area contributed by atoms with E-state index in [1.165, 1.54) is 7.11 Å². The molecule has 0 saturated carbocycles. The van der Waals surface area contributed by atoms with Gasteiger partial charge in [-0.15, -0.1) is 0 Å². The molecule has 1 atom stereocenters. The maximum Gasteiger partial charge on any atom is 0.254 e. The Balaban J connectivity index is 2.82. The number of methoxy groups -OCH3 is 1. The molecule has 0 aromatic rings. The Morgan fingerprint density at radius 3 is 2.58 bits per heavy atom. The molecule has 0 aliphatic carbocycles. The minimum atomic E-state index is -0.606. The van der Waals surface area contributed by atoms with Gasteiger partial charge in [-0.2, -0.15) is 0 Å². The number of amides is 1. The smallest absolute Gasteiger partial charge is 0.254 e.